The van der Waals surface area contributed by atoms with Gasteiger partial charge in [0.05, 0.1) is 10.6 Å². The molecule has 0 saturated heterocycles. The molecule has 0 aliphatic carbocycles. The van der Waals surface area contributed by atoms with Gasteiger partial charge in [-0.2, -0.15) is 0 Å². The minimum atomic E-state index is -4.20. The first-order chi connectivity index (χ1) is 21.7. The second-order valence-electron chi connectivity index (χ2n) is 12.3. The van der Waals surface area contributed by atoms with E-state index in [-0.39, 0.29) is 17.9 Å². The van der Waals surface area contributed by atoms with Crippen LogP contribution in [0.1, 0.15) is 43.0 Å². The average molecular weight is 681 g/mol. The Morgan fingerprint density at radius 3 is 1.87 bits per heavy atom. The van der Waals surface area contributed by atoms with Crippen LogP contribution in [0.15, 0.2) is 102 Å². The van der Waals surface area contributed by atoms with Crippen LogP contribution < -0.4 is 9.62 Å². The van der Waals surface area contributed by atoms with Crippen molar-refractivity contribution in [1.82, 2.24) is 10.2 Å². The predicted octanol–water partition coefficient (Wildman–Crippen LogP) is 7.36. The first kappa shape index (κ1) is 35.0. The summed E-state index contributed by atoms with van der Waals surface area (Å²) in [5, 5.41) is 3.66. The van der Waals surface area contributed by atoms with E-state index >= 15 is 0 Å². The summed E-state index contributed by atoms with van der Waals surface area (Å²) >= 11 is 13.2. The number of nitrogens with one attached hydrogen (secondary N) is 1. The maximum atomic E-state index is 14.6. The summed E-state index contributed by atoms with van der Waals surface area (Å²) in [6.07, 6.45) is 0.172. The maximum Gasteiger partial charge on any atom is 0.264 e. The molecule has 0 fully saturated rings. The average Bonchev–Trinajstić information content (AvgIpc) is 2.99. The number of hydrogen-bond donors (Lipinski definition) is 1. The molecule has 1 N–H and O–H groups in total. The highest BCUT2D eigenvalue weighted by atomic mass is 35.5. The molecule has 0 aliphatic heterocycles. The fraction of sp³-hybridized carbons (Fsp3) is 0.278. The normalized spacial score (nSPS) is 12.3. The quantitative estimate of drug-likeness (QED) is 0.179. The van der Waals surface area contributed by atoms with Crippen LogP contribution in [0.5, 0.6) is 0 Å². The molecule has 0 aromatic heterocycles. The summed E-state index contributed by atoms with van der Waals surface area (Å²) in [6.45, 7) is 8.63. The van der Waals surface area contributed by atoms with E-state index in [9.17, 15) is 18.0 Å². The van der Waals surface area contributed by atoms with E-state index in [2.05, 4.69) is 5.32 Å². The molecule has 4 aromatic rings. The van der Waals surface area contributed by atoms with Gasteiger partial charge in [0.25, 0.3) is 10.0 Å². The SMILES string of the molecule is Cc1ccc(N(CC(=O)N(Cc2c(Cl)cccc2Cl)C(Cc2ccccc2)C(=O)NC(C)(C)C)S(=O)(=O)c2ccc(C)cc2)cc1. The molecule has 0 spiro atoms. The molecule has 46 heavy (non-hydrogen) atoms. The molecule has 1 unspecified atom stereocenters. The van der Waals surface area contributed by atoms with Gasteiger partial charge in [-0.15, -0.1) is 0 Å². The van der Waals surface area contributed by atoms with Crippen molar-refractivity contribution in [2.45, 2.75) is 64.1 Å². The zero-order chi connectivity index (χ0) is 33.6. The van der Waals surface area contributed by atoms with Crippen molar-refractivity contribution in [3.63, 3.8) is 0 Å². The van der Waals surface area contributed by atoms with Crippen molar-refractivity contribution in [3.05, 3.63) is 129 Å². The fourth-order valence-electron chi connectivity index (χ4n) is 4.94. The first-order valence-electron chi connectivity index (χ1n) is 14.9. The first-order valence-corrected chi connectivity index (χ1v) is 17.1. The van der Waals surface area contributed by atoms with Crippen LogP contribution in [0.3, 0.4) is 0 Å². The Morgan fingerprint density at radius 2 is 1.33 bits per heavy atom. The van der Waals surface area contributed by atoms with Crippen LogP contribution in [0.25, 0.3) is 0 Å². The van der Waals surface area contributed by atoms with Gasteiger partial charge in [0.2, 0.25) is 11.8 Å². The molecule has 0 aliphatic rings. The summed E-state index contributed by atoms with van der Waals surface area (Å²) in [7, 11) is -4.20. The lowest BCUT2D eigenvalue weighted by Crippen LogP contribution is -2.56. The lowest BCUT2D eigenvalue weighted by atomic mass is 10.0. The molecule has 7 nitrogen and oxygen atoms in total. The third kappa shape index (κ3) is 8.90. The van der Waals surface area contributed by atoms with Crippen molar-refractivity contribution in [3.8, 4) is 0 Å². The van der Waals surface area contributed by atoms with E-state index in [1.54, 1.807) is 54.6 Å². The van der Waals surface area contributed by atoms with Crippen molar-refractivity contribution < 1.29 is 18.0 Å². The van der Waals surface area contributed by atoms with Crippen LogP contribution in [-0.4, -0.2) is 43.3 Å². The van der Waals surface area contributed by atoms with Gasteiger partial charge < -0.3 is 10.2 Å². The number of hydrogen-bond acceptors (Lipinski definition) is 4. The number of halogens is 2. The predicted molar refractivity (Wildman–Crippen MR) is 186 cm³/mol. The molecule has 242 valence electrons. The smallest absolute Gasteiger partial charge is 0.264 e. The van der Waals surface area contributed by atoms with Gasteiger partial charge in [0.1, 0.15) is 12.6 Å². The minimum absolute atomic E-state index is 0.0403. The summed E-state index contributed by atoms with van der Waals surface area (Å²) in [4.78, 5) is 30.0. The molecule has 0 heterocycles. The molecule has 1 atom stereocenters. The molecule has 10 heteroatoms. The van der Waals surface area contributed by atoms with E-state index in [0.29, 0.717) is 21.3 Å². The van der Waals surface area contributed by atoms with Crippen molar-refractivity contribution in [1.29, 1.82) is 0 Å². The summed E-state index contributed by atoms with van der Waals surface area (Å²) < 4.78 is 29.4. The van der Waals surface area contributed by atoms with Gasteiger partial charge in [-0.1, -0.05) is 95.0 Å². The zero-order valence-corrected chi connectivity index (χ0v) is 29.0. The number of carbonyl (C=O) groups excluding carboxylic acids is 2. The minimum Gasteiger partial charge on any atom is -0.350 e. The third-order valence-electron chi connectivity index (χ3n) is 7.37. The summed E-state index contributed by atoms with van der Waals surface area (Å²) in [5.74, 6) is -0.992. The number of benzene rings is 4. The van der Waals surface area contributed by atoms with Crippen molar-refractivity contribution in [2.24, 2.45) is 0 Å². The zero-order valence-electron chi connectivity index (χ0n) is 26.6. The highest BCUT2D eigenvalue weighted by Gasteiger charge is 2.36. The number of amides is 2. The summed E-state index contributed by atoms with van der Waals surface area (Å²) in [6, 6.07) is 26.7. The molecule has 4 aromatic carbocycles. The van der Waals surface area contributed by atoms with Crippen LogP contribution in [-0.2, 0) is 32.6 Å². The highest BCUT2D eigenvalue weighted by molar-refractivity contribution is 7.92. The molecule has 0 saturated carbocycles. The van der Waals surface area contributed by atoms with Crippen molar-refractivity contribution >= 4 is 50.7 Å². The maximum absolute atomic E-state index is 14.6. The number of aryl methyl sites for hydroxylation is 2. The Balaban J connectivity index is 1.85. The topological polar surface area (TPSA) is 86.8 Å². The Bertz CT molecular complexity index is 1750. The van der Waals surface area contributed by atoms with E-state index < -0.39 is 40.0 Å². The van der Waals surface area contributed by atoms with Crippen LogP contribution in [0, 0.1) is 13.8 Å². The van der Waals surface area contributed by atoms with Gasteiger partial charge in [0.15, 0.2) is 0 Å². The van der Waals surface area contributed by atoms with Gasteiger partial charge in [0, 0.05) is 34.1 Å². The molecule has 0 bridgehead atoms. The van der Waals surface area contributed by atoms with Gasteiger partial charge in [-0.25, -0.2) is 8.42 Å². The molecule has 0 radical (unpaired) electrons. The van der Waals surface area contributed by atoms with Gasteiger partial charge in [-0.3, -0.25) is 13.9 Å². The monoisotopic (exact) mass is 679 g/mol. The number of sulfonamides is 1. The van der Waals surface area contributed by atoms with E-state index in [0.717, 1.165) is 21.0 Å². The third-order valence-corrected chi connectivity index (χ3v) is 9.87. The largest absolute Gasteiger partial charge is 0.350 e. The van der Waals surface area contributed by atoms with Crippen LogP contribution in [0.2, 0.25) is 10.0 Å². The van der Waals surface area contributed by atoms with E-state index in [1.165, 1.54) is 17.0 Å². The van der Waals surface area contributed by atoms with Gasteiger partial charge in [-0.05, 0) is 76.6 Å². The fourth-order valence-corrected chi connectivity index (χ4v) is 6.87. The molecular formula is C36H39Cl2N3O4S. The standard InChI is InChI=1S/C36H39Cl2N3O4S/c1-25-14-18-28(19-15-25)41(46(44,45)29-20-16-26(2)17-21-29)24-34(42)40(23-30-31(37)12-9-13-32(30)38)33(35(43)39-36(3,4)5)22-27-10-7-6-8-11-27/h6-21,33H,22-24H2,1-5H3,(H,39,43). The van der Waals surface area contributed by atoms with Crippen LogP contribution in [0.4, 0.5) is 5.69 Å². The summed E-state index contributed by atoms with van der Waals surface area (Å²) in [5.41, 5.74) is 2.80. The molecule has 4 rings (SSSR count). The lowest BCUT2D eigenvalue weighted by Gasteiger charge is -2.35. The van der Waals surface area contributed by atoms with E-state index in [1.807, 2.05) is 65.0 Å². The molecule has 2 amide bonds. The Hall–Kier alpha value is -3.85. The molecular weight excluding hydrogens is 641 g/mol. The van der Waals surface area contributed by atoms with Crippen LogP contribution >= 0.6 is 23.2 Å². The highest BCUT2D eigenvalue weighted by Crippen LogP contribution is 2.29. The Morgan fingerprint density at radius 1 is 0.783 bits per heavy atom. The second kappa shape index (κ2) is 14.7. The van der Waals surface area contributed by atoms with Gasteiger partial charge >= 0.3 is 0 Å². The number of rotatable bonds is 11. The Labute approximate surface area is 282 Å². The lowest BCUT2D eigenvalue weighted by molar-refractivity contribution is -0.140. The number of anilines is 1. The number of carbonyl (C=O) groups is 2. The van der Waals surface area contributed by atoms with Crippen molar-refractivity contribution in [2.75, 3.05) is 10.8 Å². The van der Waals surface area contributed by atoms with E-state index in [4.69, 9.17) is 23.2 Å². The number of nitrogens with zero attached hydrogens (tertiary/aromatic N) is 2. The second-order valence-corrected chi connectivity index (χ2v) is 15.0. The Kier molecular flexibility index (Phi) is 11.2.